The Hall–Kier alpha value is -0.490. The van der Waals surface area contributed by atoms with E-state index in [-0.39, 0.29) is 12.1 Å². The third-order valence-electron chi connectivity index (χ3n) is 3.07. The van der Waals surface area contributed by atoms with E-state index in [1.807, 2.05) is 20.8 Å². The molecule has 0 aliphatic carbocycles. The van der Waals surface area contributed by atoms with E-state index in [0.717, 1.165) is 17.2 Å². The highest BCUT2D eigenvalue weighted by Crippen LogP contribution is 2.24. The first-order valence-electron chi connectivity index (χ1n) is 6.36. The Morgan fingerprint density at radius 2 is 2.22 bits per heavy atom. The number of nitrogens with zero attached hydrogens (tertiary/aromatic N) is 1. The van der Waals surface area contributed by atoms with E-state index in [0.29, 0.717) is 6.61 Å². The van der Waals surface area contributed by atoms with Gasteiger partial charge < -0.3 is 14.8 Å². The molecule has 0 amide bonds. The first kappa shape index (κ1) is 13.9. The van der Waals surface area contributed by atoms with Gasteiger partial charge in [-0.05, 0) is 34.6 Å². The van der Waals surface area contributed by atoms with Crippen LogP contribution in [0.15, 0.2) is 0 Å². The molecule has 1 aliphatic heterocycles. The topological polar surface area (TPSA) is 43.4 Å². The molecule has 4 nitrogen and oxygen atoms in total. The van der Waals surface area contributed by atoms with E-state index < -0.39 is 5.79 Å². The molecule has 0 spiro atoms. The van der Waals surface area contributed by atoms with Crippen LogP contribution in [0.3, 0.4) is 0 Å². The third kappa shape index (κ3) is 3.29. The monoisotopic (exact) mass is 270 g/mol. The highest BCUT2D eigenvalue weighted by atomic mass is 32.1. The summed E-state index contributed by atoms with van der Waals surface area (Å²) in [6, 6.07) is 0.252. The molecule has 2 atom stereocenters. The highest BCUT2D eigenvalue weighted by Gasteiger charge is 2.32. The zero-order valence-electron chi connectivity index (χ0n) is 11.7. The number of nitrogens with one attached hydrogen (secondary N) is 1. The molecule has 1 aliphatic rings. The van der Waals surface area contributed by atoms with Crippen molar-refractivity contribution >= 4 is 11.3 Å². The van der Waals surface area contributed by atoms with Crippen LogP contribution >= 0.6 is 11.3 Å². The van der Waals surface area contributed by atoms with Gasteiger partial charge in [-0.15, -0.1) is 11.3 Å². The molecule has 5 heteroatoms. The van der Waals surface area contributed by atoms with Crippen LogP contribution in [0.2, 0.25) is 0 Å². The molecule has 0 aromatic carbocycles. The first-order valence-corrected chi connectivity index (χ1v) is 7.18. The van der Waals surface area contributed by atoms with Crippen LogP contribution in [0.5, 0.6) is 0 Å². The number of rotatable bonds is 4. The van der Waals surface area contributed by atoms with Gasteiger partial charge in [-0.25, -0.2) is 4.98 Å². The van der Waals surface area contributed by atoms with Crippen molar-refractivity contribution in [3.8, 4) is 0 Å². The van der Waals surface area contributed by atoms with Crippen LogP contribution in [0.25, 0.3) is 0 Å². The first-order chi connectivity index (χ1) is 8.37. The minimum Gasteiger partial charge on any atom is -0.348 e. The maximum absolute atomic E-state index is 5.77. The summed E-state index contributed by atoms with van der Waals surface area (Å²) in [6.07, 6.45) is 0.127. The van der Waals surface area contributed by atoms with E-state index in [9.17, 15) is 0 Å². The third-order valence-corrected chi connectivity index (χ3v) is 3.97. The summed E-state index contributed by atoms with van der Waals surface area (Å²) < 4.78 is 11.3. The number of hydrogen-bond acceptors (Lipinski definition) is 5. The van der Waals surface area contributed by atoms with Gasteiger partial charge in [-0.1, -0.05) is 0 Å². The molecule has 1 N–H and O–H groups in total. The zero-order valence-corrected chi connectivity index (χ0v) is 12.6. The number of hydrogen-bond donors (Lipinski definition) is 1. The fraction of sp³-hybridized carbons (Fsp3) is 0.769. The number of aryl methyl sites for hydroxylation is 2. The molecule has 1 fully saturated rings. The van der Waals surface area contributed by atoms with Crippen LogP contribution in [-0.2, 0) is 9.47 Å². The lowest BCUT2D eigenvalue weighted by Gasteiger charge is -2.19. The molecule has 18 heavy (non-hydrogen) atoms. The fourth-order valence-electron chi connectivity index (χ4n) is 2.22. The SMILES string of the molecule is Cc1nc(C(C)NCC2COC(C)(C)O2)c(C)s1. The Kier molecular flexibility index (Phi) is 4.06. The van der Waals surface area contributed by atoms with Crippen LogP contribution in [-0.4, -0.2) is 30.0 Å². The standard InChI is InChI=1S/C13H22N2O2S/c1-8(12-9(2)18-10(3)15-12)14-6-11-7-16-13(4,5)17-11/h8,11,14H,6-7H2,1-5H3. The summed E-state index contributed by atoms with van der Waals surface area (Å²) in [7, 11) is 0. The second-order valence-corrected chi connectivity index (χ2v) is 6.66. The normalized spacial score (nSPS) is 24.4. The zero-order chi connectivity index (χ0) is 13.3. The molecule has 2 unspecified atom stereocenters. The Balaban J connectivity index is 1.86. The lowest BCUT2D eigenvalue weighted by atomic mass is 10.2. The van der Waals surface area contributed by atoms with Gasteiger partial charge in [0.15, 0.2) is 5.79 Å². The van der Waals surface area contributed by atoms with Gasteiger partial charge in [0, 0.05) is 17.5 Å². The Morgan fingerprint density at radius 3 is 2.72 bits per heavy atom. The molecule has 2 heterocycles. The molecule has 0 bridgehead atoms. The van der Waals surface area contributed by atoms with Crippen molar-refractivity contribution in [3.63, 3.8) is 0 Å². The predicted molar refractivity (Wildman–Crippen MR) is 72.9 cm³/mol. The molecule has 1 aromatic heterocycles. The Morgan fingerprint density at radius 1 is 1.50 bits per heavy atom. The maximum Gasteiger partial charge on any atom is 0.163 e. The summed E-state index contributed by atoms with van der Waals surface area (Å²) in [5, 5.41) is 4.59. The van der Waals surface area contributed by atoms with Crippen molar-refractivity contribution in [2.45, 2.75) is 52.6 Å². The van der Waals surface area contributed by atoms with Crippen LogP contribution in [0.1, 0.15) is 42.4 Å². The van der Waals surface area contributed by atoms with Gasteiger partial charge in [0.25, 0.3) is 0 Å². The van der Waals surface area contributed by atoms with Gasteiger partial charge >= 0.3 is 0 Å². The van der Waals surface area contributed by atoms with Gasteiger partial charge in [0.1, 0.15) is 0 Å². The quantitative estimate of drug-likeness (QED) is 0.913. The average Bonchev–Trinajstić information content (AvgIpc) is 2.78. The summed E-state index contributed by atoms with van der Waals surface area (Å²) in [4.78, 5) is 5.86. The van der Waals surface area contributed by atoms with Gasteiger partial charge in [-0.3, -0.25) is 0 Å². The maximum atomic E-state index is 5.77. The molecule has 2 rings (SSSR count). The largest absolute Gasteiger partial charge is 0.348 e. The van der Waals surface area contributed by atoms with Crippen molar-refractivity contribution in [3.05, 3.63) is 15.6 Å². The van der Waals surface area contributed by atoms with Crippen LogP contribution in [0, 0.1) is 13.8 Å². The van der Waals surface area contributed by atoms with Crippen molar-refractivity contribution in [2.24, 2.45) is 0 Å². The van der Waals surface area contributed by atoms with Gasteiger partial charge in [0.2, 0.25) is 0 Å². The van der Waals surface area contributed by atoms with Crippen LogP contribution < -0.4 is 5.32 Å². The minimum atomic E-state index is -0.442. The summed E-state index contributed by atoms with van der Waals surface area (Å²) in [6.45, 7) is 11.7. The highest BCUT2D eigenvalue weighted by molar-refractivity contribution is 7.11. The average molecular weight is 270 g/mol. The second-order valence-electron chi connectivity index (χ2n) is 5.25. The molecule has 0 saturated carbocycles. The van der Waals surface area contributed by atoms with Gasteiger partial charge in [-0.2, -0.15) is 0 Å². The van der Waals surface area contributed by atoms with E-state index >= 15 is 0 Å². The Labute approximate surface area is 113 Å². The number of aromatic nitrogens is 1. The summed E-state index contributed by atoms with van der Waals surface area (Å²) in [5.74, 6) is -0.442. The summed E-state index contributed by atoms with van der Waals surface area (Å²) >= 11 is 1.75. The van der Waals surface area contributed by atoms with Crippen LogP contribution in [0.4, 0.5) is 0 Å². The lowest BCUT2D eigenvalue weighted by Crippen LogP contribution is -2.32. The van der Waals surface area contributed by atoms with E-state index in [1.54, 1.807) is 11.3 Å². The smallest absolute Gasteiger partial charge is 0.163 e. The minimum absolute atomic E-state index is 0.127. The van der Waals surface area contributed by atoms with Gasteiger partial charge in [0.05, 0.1) is 23.4 Å². The second kappa shape index (κ2) is 5.25. The number of ether oxygens (including phenoxy) is 2. The van der Waals surface area contributed by atoms with Crippen molar-refractivity contribution in [1.82, 2.24) is 10.3 Å². The Bertz CT molecular complexity index is 417. The molecular formula is C13H22N2O2S. The molecule has 1 saturated heterocycles. The van der Waals surface area contributed by atoms with E-state index in [2.05, 4.69) is 24.1 Å². The predicted octanol–water partition coefficient (Wildman–Crippen LogP) is 2.56. The van der Waals surface area contributed by atoms with E-state index in [4.69, 9.17) is 9.47 Å². The molecule has 0 radical (unpaired) electrons. The number of thiazole rings is 1. The van der Waals surface area contributed by atoms with Crippen molar-refractivity contribution in [2.75, 3.05) is 13.2 Å². The van der Waals surface area contributed by atoms with E-state index in [1.165, 1.54) is 4.88 Å². The molecular weight excluding hydrogens is 248 g/mol. The molecule has 102 valence electrons. The summed E-state index contributed by atoms with van der Waals surface area (Å²) in [5.41, 5.74) is 1.15. The van der Waals surface area contributed by atoms with Crippen molar-refractivity contribution < 1.29 is 9.47 Å². The molecule has 1 aromatic rings. The lowest BCUT2D eigenvalue weighted by molar-refractivity contribution is -0.137. The van der Waals surface area contributed by atoms with Crippen molar-refractivity contribution in [1.29, 1.82) is 0 Å². The fourth-order valence-corrected chi connectivity index (χ4v) is 3.13.